The monoisotopic (exact) mass is 293 g/mol. The van der Waals surface area contributed by atoms with Gasteiger partial charge in [0.25, 0.3) is 0 Å². The summed E-state index contributed by atoms with van der Waals surface area (Å²) in [4.78, 5) is 0. The number of aliphatic hydroxyl groups excluding tert-OH is 1. The lowest BCUT2D eigenvalue weighted by atomic mass is 10.0. The topological polar surface area (TPSA) is 66.5 Å². The van der Waals surface area contributed by atoms with Crippen molar-refractivity contribution in [3.63, 3.8) is 0 Å². The molecule has 1 aromatic carbocycles. The second kappa shape index (κ2) is 4.78. The van der Waals surface area contributed by atoms with Gasteiger partial charge < -0.3 is 15.9 Å². The van der Waals surface area contributed by atoms with Gasteiger partial charge >= 0.3 is 0 Å². The number of phenolic OH excluding ortho intramolecular Hbond substituents is 1. The summed E-state index contributed by atoms with van der Waals surface area (Å²) in [6.45, 7) is 0.0338. The molecule has 1 unspecified atom stereocenters. The molecule has 0 aromatic heterocycles. The van der Waals surface area contributed by atoms with E-state index in [1.54, 1.807) is 6.07 Å². The van der Waals surface area contributed by atoms with Crippen molar-refractivity contribution in [2.75, 3.05) is 6.61 Å². The standard InChI is InChI=1S/C9H12INO2/c10-6-1-2-9(13)7(5-6)8(11)3-4-12/h1-2,5,8,12-13H,3-4,11H2. The van der Waals surface area contributed by atoms with Crippen LogP contribution in [0.2, 0.25) is 0 Å². The van der Waals surface area contributed by atoms with Crippen molar-refractivity contribution >= 4 is 22.6 Å². The number of rotatable bonds is 3. The molecule has 0 saturated carbocycles. The molecule has 1 aromatic rings. The SMILES string of the molecule is NC(CCO)c1cc(I)ccc1O. The van der Waals surface area contributed by atoms with Crippen LogP contribution in [0.25, 0.3) is 0 Å². The minimum atomic E-state index is -0.292. The normalized spacial score (nSPS) is 12.8. The van der Waals surface area contributed by atoms with Crippen molar-refractivity contribution in [3.05, 3.63) is 27.3 Å². The molecule has 0 amide bonds. The lowest BCUT2D eigenvalue weighted by Gasteiger charge is -2.12. The van der Waals surface area contributed by atoms with E-state index in [0.717, 1.165) is 3.57 Å². The van der Waals surface area contributed by atoms with E-state index >= 15 is 0 Å². The molecule has 1 atom stereocenters. The molecule has 1 rings (SSSR count). The lowest BCUT2D eigenvalue weighted by molar-refractivity contribution is 0.275. The van der Waals surface area contributed by atoms with Crippen LogP contribution in [0.5, 0.6) is 5.75 Å². The maximum absolute atomic E-state index is 9.47. The third kappa shape index (κ3) is 2.82. The van der Waals surface area contributed by atoms with Gasteiger partial charge in [0.05, 0.1) is 0 Å². The summed E-state index contributed by atoms with van der Waals surface area (Å²) in [5, 5.41) is 18.2. The predicted octanol–water partition coefficient (Wildman–Crippen LogP) is 1.38. The van der Waals surface area contributed by atoms with Crippen LogP contribution in [0.3, 0.4) is 0 Å². The van der Waals surface area contributed by atoms with E-state index in [4.69, 9.17) is 10.8 Å². The highest BCUT2D eigenvalue weighted by atomic mass is 127. The van der Waals surface area contributed by atoms with Gasteiger partial charge in [-0.3, -0.25) is 0 Å². The van der Waals surface area contributed by atoms with Gasteiger partial charge in [-0.1, -0.05) is 0 Å². The Morgan fingerprint density at radius 1 is 1.46 bits per heavy atom. The van der Waals surface area contributed by atoms with Crippen molar-refractivity contribution in [1.29, 1.82) is 0 Å². The molecule has 0 aliphatic heterocycles. The number of halogens is 1. The highest BCUT2D eigenvalue weighted by molar-refractivity contribution is 14.1. The molecule has 0 saturated heterocycles. The number of hydrogen-bond acceptors (Lipinski definition) is 3. The zero-order valence-corrected chi connectivity index (χ0v) is 9.23. The Bertz CT molecular complexity index is 291. The van der Waals surface area contributed by atoms with E-state index < -0.39 is 0 Å². The summed E-state index contributed by atoms with van der Waals surface area (Å²) < 4.78 is 1.03. The highest BCUT2D eigenvalue weighted by Gasteiger charge is 2.10. The first kappa shape index (κ1) is 10.7. The van der Waals surface area contributed by atoms with E-state index in [-0.39, 0.29) is 18.4 Å². The van der Waals surface area contributed by atoms with Crippen LogP contribution in [-0.2, 0) is 0 Å². The van der Waals surface area contributed by atoms with Crippen LogP contribution in [0.15, 0.2) is 18.2 Å². The number of benzene rings is 1. The molecule has 0 bridgehead atoms. The quantitative estimate of drug-likeness (QED) is 0.738. The summed E-state index contributed by atoms with van der Waals surface area (Å²) in [5.41, 5.74) is 6.45. The van der Waals surface area contributed by atoms with E-state index in [2.05, 4.69) is 22.6 Å². The molecule has 0 radical (unpaired) electrons. The summed E-state index contributed by atoms with van der Waals surface area (Å²) in [5.74, 6) is 0.196. The van der Waals surface area contributed by atoms with Gasteiger partial charge in [0.15, 0.2) is 0 Å². The summed E-state index contributed by atoms with van der Waals surface area (Å²) in [6.07, 6.45) is 0.466. The Morgan fingerprint density at radius 3 is 2.77 bits per heavy atom. The fourth-order valence-electron chi connectivity index (χ4n) is 1.12. The minimum absolute atomic E-state index is 0.0338. The van der Waals surface area contributed by atoms with Crippen LogP contribution in [-0.4, -0.2) is 16.8 Å². The molecule has 72 valence electrons. The van der Waals surface area contributed by atoms with Crippen molar-refractivity contribution in [3.8, 4) is 5.75 Å². The predicted molar refractivity (Wildman–Crippen MR) is 59.5 cm³/mol. The number of aromatic hydroxyl groups is 1. The fraction of sp³-hybridized carbons (Fsp3) is 0.333. The van der Waals surface area contributed by atoms with Crippen LogP contribution in [0.4, 0.5) is 0 Å². The van der Waals surface area contributed by atoms with E-state index in [1.807, 2.05) is 12.1 Å². The van der Waals surface area contributed by atoms with Gasteiger partial charge in [-0.2, -0.15) is 0 Å². The van der Waals surface area contributed by atoms with Crippen LogP contribution >= 0.6 is 22.6 Å². The number of nitrogens with two attached hydrogens (primary N) is 1. The largest absolute Gasteiger partial charge is 0.508 e. The summed E-state index contributed by atoms with van der Waals surface area (Å²) in [6, 6.07) is 4.97. The zero-order chi connectivity index (χ0) is 9.84. The minimum Gasteiger partial charge on any atom is -0.508 e. The molecule has 3 nitrogen and oxygen atoms in total. The molecule has 0 aliphatic carbocycles. The maximum atomic E-state index is 9.47. The maximum Gasteiger partial charge on any atom is 0.120 e. The van der Waals surface area contributed by atoms with Gasteiger partial charge in [0.1, 0.15) is 5.75 Å². The van der Waals surface area contributed by atoms with E-state index in [1.165, 1.54) is 0 Å². The third-order valence-electron chi connectivity index (χ3n) is 1.83. The van der Waals surface area contributed by atoms with Gasteiger partial charge in [0, 0.05) is 21.8 Å². The number of aliphatic hydroxyl groups is 1. The molecule has 4 N–H and O–H groups in total. The first-order chi connectivity index (χ1) is 6.15. The van der Waals surface area contributed by atoms with Crippen LogP contribution in [0.1, 0.15) is 18.0 Å². The van der Waals surface area contributed by atoms with Crippen molar-refractivity contribution in [2.24, 2.45) is 5.73 Å². The molecular weight excluding hydrogens is 281 g/mol. The van der Waals surface area contributed by atoms with Gasteiger partial charge in [-0.25, -0.2) is 0 Å². The van der Waals surface area contributed by atoms with Gasteiger partial charge in [-0.15, -0.1) is 0 Å². The van der Waals surface area contributed by atoms with Crippen LogP contribution in [0, 0.1) is 3.57 Å². The van der Waals surface area contributed by atoms with E-state index in [9.17, 15) is 5.11 Å². The molecule has 0 fully saturated rings. The van der Waals surface area contributed by atoms with Crippen LogP contribution < -0.4 is 5.73 Å². The smallest absolute Gasteiger partial charge is 0.120 e. The molecule has 0 spiro atoms. The number of hydrogen-bond donors (Lipinski definition) is 3. The first-order valence-electron chi connectivity index (χ1n) is 4.00. The van der Waals surface area contributed by atoms with Crippen molar-refractivity contribution in [2.45, 2.75) is 12.5 Å². The Hall–Kier alpha value is -0.330. The fourth-order valence-corrected chi connectivity index (χ4v) is 1.63. The molecule has 4 heteroatoms. The Morgan fingerprint density at radius 2 is 2.15 bits per heavy atom. The molecule has 0 aliphatic rings. The van der Waals surface area contributed by atoms with Crippen molar-refractivity contribution < 1.29 is 10.2 Å². The van der Waals surface area contributed by atoms with Gasteiger partial charge in [-0.05, 0) is 47.2 Å². The molecule has 13 heavy (non-hydrogen) atoms. The Balaban J connectivity index is 2.91. The Labute approximate surface area is 90.7 Å². The highest BCUT2D eigenvalue weighted by Crippen LogP contribution is 2.26. The average Bonchev–Trinajstić information content (AvgIpc) is 2.09. The summed E-state index contributed by atoms with van der Waals surface area (Å²) >= 11 is 2.15. The lowest BCUT2D eigenvalue weighted by Crippen LogP contribution is -2.12. The van der Waals surface area contributed by atoms with Crippen molar-refractivity contribution in [1.82, 2.24) is 0 Å². The number of phenols is 1. The van der Waals surface area contributed by atoms with E-state index in [0.29, 0.717) is 12.0 Å². The average molecular weight is 293 g/mol. The molecule has 0 heterocycles. The third-order valence-corrected chi connectivity index (χ3v) is 2.50. The second-order valence-corrected chi connectivity index (χ2v) is 4.07. The Kier molecular flexibility index (Phi) is 3.95. The zero-order valence-electron chi connectivity index (χ0n) is 7.07. The summed E-state index contributed by atoms with van der Waals surface area (Å²) in [7, 11) is 0. The molecular formula is C9H12INO2. The second-order valence-electron chi connectivity index (χ2n) is 2.82. The first-order valence-corrected chi connectivity index (χ1v) is 5.08. The van der Waals surface area contributed by atoms with Gasteiger partial charge in [0.2, 0.25) is 0 Å².